The van der Waals surface area contributed by atoms with Crippen molar-refractivity contribution >= 4 is 0 Å². The minimum Gasteiger partial charge on any atom is -0.385 e. The molecule has 0 aromatic rings. The molecule has 0 atom stereocenters. The lowest BCUT2D eigenvalue weighted by atomic mass is 9.62. The van der Waals surface area contributed by atoms with Crippen LogP contribution in [0.3, 0.4) is 0 Å². The zero-order chi connectivity index (χ0) is 15.1. The van der Waals surface area contributed by atoms with Gasteiger partial charge in [0.2, 0.25) is 0 Å². The molecule has 1 aliphatic rings. The molecule has 0 aromatic heterocycles. The Balaban J connectivity index is 2.49. The van der Waals surface area contributed by atoms with Crippen molar-refractivity contribution in [1.82, 2.24) is 5.32 Å². The second-order valence-corrected chi connectivity index (χ2v) is 7.87. The van der Waals surface area contributed by atoms with Crippen LogP contribution >= 0.6 is 0 Å². The summed E-state index contributed by atoms with van der Waals surface area (Å²) in [5, 5.41) is 3.62. The molecule has 20 heavy (non-hydrogen) atoms. The van der Waals surface area contributed by atoms with E-state index in [4.69, 9.17) is 4.74 Å². The number of hydrogen-bond donors (Lipinski definition) is 1. The predicted octanol–water partition coefficient (Wildman–Crippen LogP) is 4.64. The molecule has 0 heterocycles. The quantitative estimate of drug-likeness (QED) is 0.655. The Kier molecular flexibility index (Phi) is 7.53. The Morgan fingerprint density at radius 3 is 2.30 bits per heavy atom. The average Bonchev–Trinajstić information content (AvgIpc) is 2.41. The summed E-state index contributed by atoms with van der Waals surface area (Å²) in [6, 6.07) is 0. The topological polar surface area (TPSA) is 21.3 Å². The molecule has 0 bridgehead atoms. The summed E-state index contributed by atoms with van der Waals surface area (Å²) in [6.07, 6.45) is 9.56. The molecule has 0 amide bonds. The molecule has 0 saturated heterocycles. The van der Waals surface area contributed by atoms with E-state index in [1.807, 2.05) is 7.11 Å². The fourth-order valence-electron chi connectivity index (χ4n) is 3.75. The highest BCUT2D eigenvalue weighted by Gasteiger charge is 2.37. The van der Waals surface area contributed by atoms with Crippen LogP contribution in [0.5, 0.6) is 0 Å². The van der Waals surface area contributed by atoms with Crippen molar-refractivity contribution in [3.63, 3.8) is 0 Å². The first kappa shape index (κ1) is 18.0. The first-order valence-corrected chi connectivity index (χ1v) is 8.63. The summed E-state index contributed by atoms with van der Waals surface area (Å²) < 4.78 is 5.19. The van der Waals surface area contributed by atoms with E-state index in [0.29, 0.717) is 10.8 Å². The summed E-state index contributed by atoms with van der Waals surface area (Å²) in [5.74, 6) is 0.913. The van der Waals surface area contributed by atoms with Gasteiger partial charge in [-0.3, -0.25) is 0 Å². The highest BCUT2D eigenvalue weighted by molar-refractivity contribution is 4.90. The zero-order valence-corrected chi connectivity index (χ0v) is 14.6. The van der Waals surface area contributed by atoms with Gasteiger partial charge in [0.15, 0.2) is 0 Å². The van der Waals surface area contributed by atoms with Gasteiger partial charge >= 0.3 is 0 Å². The van der Waals surface area contributed by atoms with Gasteiger partial charge in [0.1, 0.15) is 0 Å². The van der Waals surface area contributed by atoms with E-state index in [9.17, 15) is 0 Å². The number of rotatable bonds is 8. The molecule has 1 saturated carbocycles. The van der Waals surface area contributed by atoms with Crippen LogP contribution in [0.15, 0.2) is 0 Å². The molecule has 0 aliphatic heterocycles. The Morgan fingerprint density at radius 1 is 1.15 bits per heavy atom. The van der Waals surface area contributed by atoms with E-state index in [1.54, 1.807) is 0 Å². The molecule has 0 aromatic carbocycles. The van der Waals surface area contributed by atoms with Crippen LogP contribution < -0.4 is 5.32 Å². The van der Waals surface area contributed by atoms with E-state index in [-0.39, 0.29) is 0 Å². The fraction of sp³-hybridized carbons (Fsp3) is 1.00. The maximum atomic E-state index is 5.19. The molecular weight excluding hydrogens is 246 g/mol. The van der Waals surface area contributed by atoms with Crippen molar-refractivity contribution in [3.8, 4) is 0 Å². The van der Waals surface area contributed by atoms with Gasteiger partial charge in [0.05, 0.1) is 0 Å². The van der Waals surface area contributed by atoms with Gasteiger partial charge in [0, 0.05) is 20.3 Å². The molecule has 120 valence electrons. The predicted molar refractivity (Wildman–Crippen MR) is 88.1 cm³/mol. The standard InChI is InChI=1S/C18H37NO/c1-6-19-15-18(11-7-8-14-20-5)12-9-16(10-13-18)17(2,3)4/h16,19H,6-15H2,1-5H3. The van der Waals surface area contributed by atoms with E-state index >= 15 is 0 Å². The zero-order valence-electron chi connectivity index (χ0n) is 14.6. The lowest BCUT2D eigenvalue weighted by molar-refractivity contribution is 0.0757. The van der Waals surface area contributed by atoms with Crippen LogP contribution in [0.2, 0.25) is 0 Å². The molecule has 2 heteroatoms. The summed E-state index contributed by atoms with van der Waals surface area (Å²) in [6.45, 7) is 12.7. The van der Waals surface area contributed by atoms with Crippen molar-refractivity contribution in [2.24, 2.45) is 16.7 Å². The van der Waals surface area contributed by atoms with Crippen LogP contribution in [0.25, 0.3) is 0 Å². The Bertz CT molecular complexity index is 249. The van der Waals surface area contributed by atoms with Crippen molar-refractivity contribution in [1.29, 1.82) is 0 Å². The molecule has 1 aliphatic carbocycles. The third-order valence-corrected chi connectivity index (χ3v) is 5.33. The van der Waals surface area contributed by atoms with Crippen LogP contribution in [0, 0.1) is 16.7 Å². The van der Waals surface area contributed by atoms with E-state index in [0.717, 1.165) is 19.1 Å². The highest BCUT2D eigenvalue weighted by atomic mass is 16.5. The minimum atomic E-state index is 0.487. The largest absolute Gasteiger partial charge is 0.385 e. The lowest BCUT2D eigenvalue weighted by Gasteiger charge is -2.44. The Morgan fingerprint density at radius 2 is 1.80 bits per heavy atom. The third kappa shape index (κ3) is 5.73. The van der Waals surface area contributed by atoms with Gasteiger partial charge < -0.3 is 10.1 Å². The number of ether oxygens (including phenoxy) is 1. The Hall–Kier alpha value is -0.0800. The SMILES string of the molecule is CCNCC1(CCCCOC)CCC(C(C)(C)C)CC1. The van der Waals surface area contributed by atoms with Gasteiger partial charge in [-0.05, 0) is 61.8 Å². The minimum absolute atomic E-state index is 0.487. The smallest absolute Gasteiger partial charge is 0.0462 e. The van der Waals surface area contributed by atoms with Gasteiger partial charge in [0.25, 0.3) is 0 Å². The molecule has 1 rings (SSSR count). The Labute approximate surface area is 127 Å². The maximum Gasteiger partial charge on any atom is 0.0462 e. The van der Waals surface area contributed by atoms with Crippen molar-refractivity contribution in [2.45, 2.75) is 72.6 Å². The normalized spacial score (nSPS) is 27.8. The van der Waals surface area contributed by atoms with Gasteiger partial charge in [-0.2, -0.15) is 0 Å². The van der Waals surface area contributed by atoms with Crippen LogP contribution in [0.1, 0.15) is 72.6 Å². The monoisotopic (exact) mass is 283 g/mol. The first-order valence-electron chi connectivity index (χ1n) is 8.63. The molecule has 0 radical (unpaired) electrons. The molecule has 1 N–H and O–H groups in total. The number of unbranched alkanes of at least 4 members (excludes halogenated alkanes) is 1. The fourth-order valence-corrected chi connectivity index (χ4v) is 3.75. The lowest BCUT2D eigenvalue weighted by Crippen LogP contribution is -2.39. The average molecular weight is 284 g/mol. The number of nitrogens with one attached hydrogen (secondary N) is 1. The van der Waals surface area contributed by atoms with Gasteiger partial charge in [-0.15, -0.1) is 0 Å². The third-order valence-electron chi connectivity index (χ3n) is 5.33. The van der Waals surface area contributed by atoms with Crippen molar-refractivity contribution in [2.75, 3.05) is 26.8 Å². The van der Waals surface area contributed by atoms with E-state index in [1.165, 1.54) is 51.5 Å². The van der Waals surface area contributed by atoms with Gasteiger partial charge in [-0.1, -0.05) is 34.1 Å². The molecule has 0 spiro atoms. The van der Waals surface area contributed by atoms with Crippen LogP contribution in [-0.2, 0) is 4.74 Å². The molecule has 1 fully saturated rings. The highest BCUT2D eigenvalue weighted by Crippen LogP contribution is 2.47. The van der Waals surface area contributed by atoms with Crippen molar-refractivity contribution < 1.29 is 4.74 Å². The first-order chi connectivity index (χ1) is 9.43. The second kappa shape index (κ2) is 8.38. The maximum absolute atomic E-state index is 5.19. The summed E-state index contributed by atoms with van der Waals surface area (Å²) in [4.78, 5) is 0. The van der Waals surface area contributed by atoms with E-state index in [2.05, 4.69) is 33.0 Å². The van der Waals surface area contributed by atoms with Gasteiger partial charge in [-0.25, -0.2) is 0 Å². The van der Waals surface area contributed by atoms with Crippen LogP contribution in [0.4, 0.5) is 0 Å². The summed E-state index contributed by atoms with van der Waals surface area (Å²) in [7, 11) is 1.81. The number of hydrogen-bond acceptors (Lipinski definition) is 2. The van der Waals surface area contributed by atoms with E-state index < -0.39 is 0 Å². The summed E-state index contributed by atoms with van der Waals surface area (Å²) in [5.41, 5.74) is 1.05. The molecular formula is C18H37NO. The summed E-state index contributed by atoms with van der Waals surface area (Å²) >= 11 is 0. The number of methoxy groups -OCH3 is 1. The second-order valence-electron chi connectivity index (χ2n) is 7.87. The van der Waals surface area contributed by atoms with Crippen LogP contribution in [-0.4, -0.2) is 26.8 Å². The molecule has 0 unspecified atom stereocenters. The van der Waals surface area contributed by atoms with Crippen molar-refractivity contribution in [3.05, 3.63) is 0 Å². The molecule has 2 nitrogen and oxygen atoms in total.